The number of nitriles is 1. The number of aliphatic hydroxyl groups excluding tert-OH is 1. The third kappa shape index (κ3) is 3.97. The van der Waals surface area contributed by atoms with Gasteiger partial charge in [-0.15, -0.1) is 10.2 Å². The zero-order valence-electron chi connectivity index (χ0n) is 21.6. The van der Waals surface area contributed by atoms with Crippen molar-refractivity contribution in [2.75, 3.05) is 5.73 Å². The van der Waals surface area contributed by atoms with Gasteiger partial charge in [0, 0.05) is 10.6 Å². The van der Waals surface area contributed by atoms with Crippen molar-refractivity contribution in [3.05, 3.63) is 52.1 Å². The van der Waals surface area contributed by atoms with Crippen LogP contribution in [0.4, 0.5) is 15.7 Å². The molecule has 4 aliphatic rings. The van der Waals surface area contributed by atoms with Crippen molar-refractivity contribution in [1.82, 2.24) is 0 Å². The van der Waals surface area contributed by atoms with Gasteiger partial charge < -0.3 is 10.8 Å². The van der Waals surface area contributed by atoms with Gasteiger partial charge in [0.25, 0.3) is 0 Å². The zero-order chi connectivity index (χ0) is 25.9. The number of nitrogens with zero attached hydrogens (tertiary/aromatic N) is 3. The summed E-state index contributed by atoms with van der Waals surface area (Å²) in [7, 11) is 0. The summed E-state index contributed by atoms with van der Waals surface area (Å²) < 4.78 is 0. The fraction of sp³-hybridized carbons (Fsp3) is 0.567. The van der Waals surface area contributed by atoms with E-state index in [-0.39, 0.29) is 22.9 Å². The van der Waals surface area contributed by atoms with Crippen LogP contribution in [0.1, 0.15) is 82.3 Å². The Kier molecular flexibility index (Phi) is 6.25. The molecule has 5 nitrogen and oxygen atoms in total. The lowest BCUT2D eigenvalue weighted by Crippen LogP contribution is -2.50. The largest absolute Gasteiger partial charge is 0.393 e. The van der Waals surface area contributed by atoms with Crippen molar-refractivity contribution in [3.8, 4) is 6.07 Å². The second-order valence-corrected chi connectivity index (χ2v) is 13.6. The number of allylic oxidation sites excluding steroid dienone is 1. The van der Waals surface area contributed by atoms with Crippen molar-refractivity contribution in [2.45, 2.75) is 77.2 Å². The number of fused-ring (bicyclic) bond motifs is 5. The molecule has 0 spiro atoms. The van der Waals surface area contributed by atoms with Gasteiger partial charge in [-0.3, -0.25) is 0 Å². The topological polar surface area (TPSA) is 94.8 Å². The molecule has 3 fully saturated rings. The summed E-state index contributed by atoms with van der Waals surface area (Å²) in [6.07, 6.45) is 10.9. The highest BCUT2D eigenvalue weighted by atomic mass is 35.5. The summed E-state index contributed by atoms with van der Waals surface area (Å²) in [5.74, 6) is 2.22. The summed E-state index contributed by atoms with van der Waals surface area (Å²) in [6, 6.07) is 9.71. The van der Waals surface area contributed by atoms with Gasteiger partial charge in [-0.05, 0) is 110 Å². The van der Waals surface area contributed by atoms with E-state index in [2.05, 4.69) is 36.2 Å². The van der Waals surface area contributed by atoms with E-state index in [0.717, 1.165) is 54.8 Å². The van der Waals surface area contributed by atoms with E-state index in [1.165, 1.54) is 29.8 Å². The van der Waals surface area contributed by atoms with Crippen LogP contribution in [0, 0.1) is 39.9 Å². The van der Waals surface area contributed by atoms with Crippen molar-refractivity contribution in [2.24, 2.45) is 38.8 Å². The number of hydrogen-bond acceptors (Lipinski definition) is 6. The molecule has 2 aromatic rings. The highest BCUT2D eigenvalue weighted by Gasteiger charge is 2.59. The third-order valence-electron chi connectivity index (χ3n) is 10.6. The second-order valence-electron chi connectivity index (χ2n) is 12.2. The first kappa shape index (κ1) is 25.1. The number of nitrogens with two attached hydrogens (primary N) is 1. The van der Waals surface area contributed by atoms with Gasteiger partial charge in [0.05, 0.1) is 17.4 Å². The average Bonchev–Trinajstić information content (AvgIpc) is 3.39. The summed E-state index contributed by atoms with van der Waals surface area (Å²) in [6.45, 7) is 4.94. The predicted octanol–water partition coefficient (Wildman–Crippen LogP) is 8.68. The summed E-state index contributed by atoms with van der Waals surface area (Å²) in [5.41, 5.74) is 10.6. The second kappa shape index (κ2) is 9.22. The van der Waals surface area contributed by atoms with Crippen LogP contribution in [0.3, 0.4) is 0 Å². The Balaban J connectivity index is 1.34. The monoisotopic (exact) mass is 534 g/mol. The van der Waals surface area contributed by atoms with Gasteiger partial charge in [-0.1, -0.05) is 48.4 Å². The molecule has 0 aliphatic heterocycles. The van der Waals surface area contributed by atoms with E-state index in [9.17, 15) is 10.4 Å². The minimum absolute atomic E-state index is 0.112. The predicted molar refractivity (Wildman–Crippen MR) is 150 cm³/mol. The number of anilines is 1. The third-order valence-corrected chi connectivity index (χ3v) is 11.7. The lowest BCUT2D eigenvalue weighted by atomic mass is 9.47. The zero-order valence-corrected chi connectivity index (χ0v) is 23.2. The Morgan fingerprint density at radius 2 is 1.86 bits per heavy atom. The van der Waals surface area contributed by atoms with Crippen LogP contribution in [0.25, 0.3) is 0 Å². The molecule has 3 N–H and O–H groups in total. The summed E-state index contributed by atoms with van der Waals surface area (Å²) in [4.78, 5) is 0. The Morgan fingerprint density at radius 3 is 2.62 bits per heavy atom. The molecule has 6 rings (SSSR count). The maximum absolute atomic E-state index is 10.3. The lowest BCUT2D eigenvalue weighted by molar-refractivity contribution is -0.0408. The van der Waals surface area contributed by atoms with E-state index in [0.29, 0.717) is 33.3 Å². The fourth-order valence-electron chi connectivity index (χ4n) is 8.69. The van der Waals surface area contributed by atoms with E-state index in [1.54, 1.807) is 12.1 Å². The van der Waals surface area contributed by atoms with E-state index in [4.69, 9.17) is 17.3 Å². The molecule has 0 bridgehead atoms. The maximum atomic E-state index is 10.3. The number of thiophene rings is 1. The number of nitrogen functional groups attached to an aromatic ring is 1. The number of rotatable bonds is 3. The van der Waals surface area contributed by atoms with Crippen LogP contribution >= 0.6 is 22.9 Å². The quantitative estimate of drug-likeness (QED) is 0.304. The van der Waals surface area contributed by atoms with Crippen LogP contribution in [0.5, 0.6) is 0 Å². The highest BCUT2D eigenvalue weighted by Crippen LogP contribution is 2.69. The Bertz CT molecular complexity index is 1310. The molecule has 0 radical (unpaired) electrons. The molecule has 0 amide bonds. The van der Waals surface area contributed by atoms with Gasteiger partial charge in [0.2, 0.25) is 0 Å². The summed E-state index contributed by atoms with van der Waals surface area (Å²) in [5, 5.41) is 31.5. The van der Waals surface area contributed by atoms with Crippen LogP contribution < -0.4 is 5.73 Å². The van der Waals surface area contributed by atoms with Gasteiger partial charge in [0.15, 0.2) is 0 Å². The van der Waals surface area contributed by atoms with Gasteiger partial charge in [-0.25, -0.2) is 0 Å². The van der Waals surface area contributed by atoms with Crippen LogP contribution in [-0.4, -0.2) is 11.2 Å². The smallest absolute Gasteiger partial charge is 0.145 e. The molecule has 3 saturated carbocycles. The van der Waals surface area contributed by atoms with Gasteiger partial charge >= 0.3 is 0 Å². The number of benzene rings is 1. The maximum Gasteiger partial charge on any atom is 0.145 e. The van der Waals surface area contributed by atoms with Gasteiger partial charge in [0.1, 0.15) is 16.1 Å². The molecule has 37 heavy (non-hydrogen) atoms. The van der Waals surface area contributed by atoms with Crippen molar-refractivity contribution in [1.29, 1.82) is 5.26 Å². The molecule has 0 unspecified atom stereocenters. The van der Waals surface area contributed by atoms with Crippen LogP contribution in [-0.2, 0) is 0 Å². The van der Waals surface area contributed by atoms with E-state index >= 15 is 0 Å². The van der Waals surface area contributed by atoms with Crippen molar-refractivity contribution in [3.63, 3.8) is 0 Å². The molecule has 7 heteroatoms. The van der Waals surface area contributed by atoms with Crippen molar-refractivity contribution < 1.29 is 5.11 Å². The van der Waals surface area contributed by atoms with Crippen LogP contribution in [0.15, 0.2) is 46.1 Å². The Labute approximate surface area is 228 Å². The molecular formula is C30H35ClN4OS. The van der Waals surface area contributed by atoms with Crippen molar-refractivity contribution >= 4 is 38.6 Å². The first-order valence-corrected chi connectivity index (χ1v) is 14.8. The Morgan fingerprint density at radius 1 is 1.08 bits per heavy atom. The number of halogens is 1. The first-order valence-electron chi connectivity index (χ1n) is 13.6. The van der Waals surface area contributed by atoms with E-state index < -0.39 is 0 Å². The van der Waals surface area contributed by atoms with Crippen LogP contribution in [0.2, 0.25) is 5.02 Å². The molecule has 1 aromatic carbocycles. The molecule has 4 aliphatic carbocycles. The normalized spacial score (nSPS) is 36.9. The molecular weight excluding hydrogens is 500 g/mol. The molecule has 7 atom stereocenters. The molecule has 194 valence electrons. The standard InChI is InChI=1S/C30H35ClN4OS/c1-29-13-11-20(36)15-17(29)3-8-21-23-9-10-25(30(23,2)14-12-24(21)29)26-22(16-32)27(33)37-28(26)35-34-19-6-4-18(31)5-7-19/h3-7,20-21,23-25,36H,8-15,33H2,1-2H3/t20-,21-,23-,24-,25+,29-,30-/m0/s1. The highest BCUT2D eigenvalue weighted by molar-refractivity contribution is 7.20. The minimum atomic E-state index is -0.172. The lowest BCUT2D eigenvalue weighted by Gasteiger charge is -2.58. The number of azo groups is 1. The SMILES string of the molecule is C[C@]12CC[C@H]3[C@@H](CC=C4C[C@@H](O)CC[C@@]43C)[C@@H]1CC[C@@H]2c1c(N=Nc2ccc(Cl)cc2)sc(N)c1C#N. The first-order chi connectivity index (χ1) is 17.7. The molecule has 0 saturated heterocycles. The number of aliphatic hydroxyl groups is 1. The summed E-state index contributed by atoms with van der Waals surface area (Å²) >= 11 is 7.41. The molecule has 1 aromatic heterocycles. The Hall–Kier alpha value is -2.20. The van der Waals surface area contributed by atoms with Gasteiger partial charge in [-0.2, -0.15) is 5.26 Å². The molecule has 1 heterocycles. The van der Waals surface area contributed by atoms with E-state index in [1.807, 2.05) is 12.1 Å². The fourth-order valence-corrected chi connectivity index (χ4v) is 9.72. The average molecular weight is 535 g/mol. The minimum Gasteiger partial charge on any atom is -0.393 e. The number of hydrogen-bond donors (Lipinski definition) is 2.